The smallest absolute Gasteiger partial charge is 0.330 e. The molecule has 3 aromatic rings. The first-order valence-corrected chi connectivity index (χ1v) is 7.71. The summed E-state index contributed by atoms with van der Waals surface area (Å²) in [4.78, 5) is 11.5. The van der Waals surface area contributed by atoms with E-state index in [0.29, 0.717) is 6.61 Å². The molecule has 3 rings (SSSR count). The van der Waals surface area contributed by atoms with Gasteiger partial charge in [0.1, 0.15) is 0 Å². The van der Waals surface area contributed by atoms with Gasteiger partial charge in [-0.25, -0.2) is 4.79 Å². The van der Waals surface area contributed by atoms with E-state index < -0.39 is 0 Å². The second kappa shape index (κ2) is 6.93. The van der Waals surface area contributed by atoms with Crippen LogP contribution in [0.15, 0.2) is 72.8 Å². The van der Waals surface area contributed by atoms with Crippen molar-refractivity contribution in [3.05, 3.63) is 78.4 Å². The zero-order valence-electron chi connectivity index (χ0n) is 13.0. The minimum atomic E-state index is -0.318. The van der Waals surface area contributed by atoms with Crippen LogP contribution >= 0.6 is 0 Å². The monoisotopic (exact) mass is 302 g/mol. The number of hydrogen-bond donors (Lipinski definition) is 0. The van der Waals surface area contributed by atoms with Gasteiger partial charge in [0.05, 0.1) is 6.61 Å². The molecule has 0 spiro atoms. The maximum absolute atomic E-state index is 11.5. The Kier molecular flexibility index (Phi) is 4.53. The molecule has 0 saturated carbocycles. The molecule has 0 aromatic heterocycles. The first-order chi connectivity index (χ1) is 11.3. The first-order valence-electron chi connectivity index (χ1n) is 7.71. The molecule has 2 heteroatoms. The highest BCUT2D eigenvalue weighted by Gasteiger charge is 2.05. The standard InChI is InChI=1S/C21H18O2/c1-2-23-21(22)13-12-16-14-18-10-6-7-11-19(18)20(15-16)17-8-4-3-5-9-17/h3-15H,2H2,1H3/b13-12+. The number of ether oxygens (including phenoxy) is 1. The minimum absolute atomic E-state index is 0.318. The van der Waals surface area contributed by atoms with E-state index in [1.165, 1.54) is 11.5 Å². The third-order valence-corrected chi connectivity index (χ3v) is 3.67. The van der Waals surface area contributed by atoms with Gasteiger partial charge in [0.25, 0.3) is 0 Å². The molecule has 2 nitrogen and oxygen atoms in total. The zero-order valence-corrected chi connectivity index (χ0v) is 13.0. The van der Waals surface area contributed by atoms with Crippen molar-refractivity contribution in [2.45, 2.75) is 6.92 Å². The highest BCUT2D eigenvalue weighted by atomic mass is 16.5. The van der Waals surface area contributed by atoms with E-state index in [1.54, 1.807) is 13.0 Å². The van der Waals surface area contributed by atoms with Crippen LogP contribution in [0.2, 0.25) is 0 Å². The maximum atomic E-state index is 11.5. The van der Waals surface area contributed by atoms with Gasteiger partial charge in [-0.05, 0) is 52.6 Å². The number of carbonyl (C=O) groups excluding carboxylic acids is 1. The van der Waals surface area contributed by atoms with Crippen LogP contribution in [-0.4, -0.2) is 12.6 Å². The van der Waals surface area contributed by atoms with Crippen molar-refractivity contribution in [2.24, 2.45) is 0 Å². The summed E-state index contributed by atoms with van der Waals surface area (Å²) in [7, 11) is 0. The van der Waals surface area contributed by atoms with Gasteiger partial charge in [-0.15, -0.1) is 0 Å². The number of rotatable bonds is 4. The fraction of sp³-hybridized carbons (Fsp3) is 0.0952. The summed E-state index contributed by atoms with van der Waals surface area (Å²) in [5.41, 5.74) is 3.30. The Balaban J connectivity index is 2.09. The molecule has 0 aliphatic carbocycles. The van der Waals surface area contributed by atoms with Gasteiger partial charge in [-0.1, -0.05) is 54.6 Å². The summed E-state index contributed by atoms with van der Waals surface area (Å²) in [6.45, 7) is 2.19. The van der Waals surface area contributed by atoms with Crippen LogP contribution in [0, 0.1) is 0 Å². The number of esters is 1. The molecule has 0 unspecified atom stereocenters. The Morgan fingerprint density at radius 2 is 1.74 bits per heavy atom. The number of fused-ring (bicyclic) bond motifs is 1. The molecule has 0 aliphatic heterocycles. The molecule has 0 heterocycles. The van der Waals surface area contributed by atoms with Crippen molar-refractivity contribution >= 4 is 22.8 Å². The fourth-order valence-corrected chi connectivity index (χ4v) is 2.64. The summed E-state index contributed by atoms with van der Waals surface area (Å²) in [5, 5.41) is 2.35. The summed E-state index contributed by atoms with van der Waals surface area (Å²) in [6.07, 6.45) is 3.28. The van der Waals surface area contributed by atoms with E-state index >= 15 is 0 Å². The van der Waals surface area contributed by atoms with E-state index in [4.69, 9.17) is 4.74 Å². The molecule has 0 radical (unpaired) electrons. The molecular formula is C21H18O2. The average Bonchev–Trinajstić information content (AvgIpc) is 2.60. The Bertz CT molecular complexity index is 848. The highest BCUT2D eigenvalue weighted by Crippen LogP contribution is 2.30. The topological polar surface area (TPSA) is 26.3 Å². The van der Waals surface area contributed by atoms with Gasteiger partial charge in [-0.2, -0.15) is 0 Å². The largest absolute Gasteiger partial charge is 0.463 e. The fourth-order valence-electron chi connectivity index (χ4n) is 2.64. The SMILES string of the molecule is CCOC(=O)/C=C/c1cc(-c2ccccc2)c2ccccc2c1. The van der Waals surface area contributed by atoms with E-state index in [0.717, 1.165) is 22.1 Å². The van der Waals surface area contributed by atoms with Crippen LogP contribution in [0.1, 0.15) is 12.5 Å². The Labute approximate surface area is 136 Å². The van der Waals surface area contributed by atoms with E-state index in [-0.39, 0.29) is 5.97 Å². The summed E-state index contributed by atoms with van der Waals surface area (Å²) < 4.78 is 4.94. The van der Waals surface area contributed by atoms with Gasteiger partial charge >= 0.3 is 5.97 Å². The summed E-state index contributed by atoms with van der Waals surface area (Å²) in [6, 6.07) is 22.7. The molecule has 0 aliphatic rings. The van der Waals surface area contributed by atoms with E-state index in [1.807, 2.05) is 30.3 Å². The molecule has 3 aromatic carbocycles. The van der Waals surface area contributed by atoms with Gasteiger partial charge in [0.2, 0.25) is 0 Å². The number of carbonyl (C=O) groups is 1. The van der Waals surface area contributed by atoms with Crippen LogP contribution in [0.4, 0.5) is 0 Å². The first kappa shape index (κ1) is 15.0. The lowest BCUT2D eigenvalue weighted by Gasteiger charge is -2.09. The molecule has 0 bridgehead atoms. The quantitative estimate of drug-likeness (QED) is 0.496. The van der Waals surface area contributed by atoms with E-state index in [2.05, 4.69) is 36.4 Å². The maximum Gasteiger partial charge on any atom is 0.330 e. The third kappa shape index (κ3) is 3.49. The van der Waals surface area contributed by atoms with Gasteiger partial charge in [0.15, 0.2) is 0 Å². The van der Waals surface area contributed by atoms with E-state index in [9.17, 15) is 4.79 Å². The summed E-state index contributed by atoms with van der Waals surface area (Å²) >= 11 is 0. The van der Waals surface area contributed by atoms with Crippen molar-refractivity contribution in [1.82, 2.24) is 0 Å². The highest BCUT2D eigenvalue weighted by molar-refractivity contribution is 5.99. The predicted molar refractivity (Wildman–Crippen MR) is 95.1 cm³/mol. The zero-order chi connectivity index (χ0) is 16.1. The summed E-state index contributed by atoms with van der Waals surface area (Å²) in [5.74, 6) is -0.318. The lowest BCUT2D eigenvalue weighted by atomic mass is 9.95. The van der Waals surface area contributed by atoms with Crippen molar-refractivity contribution in [3.8, 4) is 11.1 Å². The molecule has 0 N–H and O–H groups in total. The van der Waals surface area contributed by atoms with Gasteiger partial charge in [0, 0.05) is 6.08 Å². The van der Waals surface area contributed by atoms with Crippen molar-refractivity contribution in [1.29, 1.82) is 0 Å². The Hall–Kier alpha value is -2.87. The molecular weight excluding hydrogens is 284 g/mol. The Morgan fingerprint density at radius 1 is 1.00 bits per heavy atom. The third-order valence-electron chi connectivity index (χ3n) is 3.67. The number of benzene rings is 3. The van der Waals surface area contributed by atoms with Crippen molar-refractivity contribution in [3.63, 3.8) is 0 Å². The van der Waals surface area contributed by atoms with Gasteiger partial charge in [-0.3, -0.25) is 0 Å². The molecule has 23 heavy (non-hydrogen) atoms. The predicted octanol–water partition coefficient (Wildman–Crippen LogP) is 5.08. The molecule has 0 saturated heterocycles. The minimum Gasteiger partial charge on any atom is -0.463 e. The van der Waals surface area contributed by atoms with Crippen LogP contribution in [-0.2, 0) is 9.53 Å². The van der Waals surface area contributed by atoms with Crippen LogP contribution in [0.3, 0.4) is 0 Å². The molecule has 0 amide bonds. The van der Waals surface area contributed by atoms with Crippen LogP contribution < -0.4 is 0 Å². The van der Waals surface area contributed by atoms with Crippen LogP contribution in [0.25, 0.3) is 28.0 Å². The van der Waals surface area contributed by atoms with Crippen molar-refractivity contribution < 1.29 is 9.53 Å². The number of hydrogen-bond acceptors (Lipinski definition) is 2. The van der Waals surface area contributed by atoms with Crippen LogP contribution in [0.5, 0.6) is 0 Å². The average molecular weight is 302 g/mol. The second-order valence-corrected chi connectivity index (χ2v) is 5.24. The molecule has 0 atom stereocenters. The normalized spacial score (nSPS) is 11.0. The Morgan fingerprint density at radius 3 is 2.52 bits per heavy atom. The molecule has 114 valence electrons. The lowest BCUT2D eigenvalue weighted by molar-refractivity contribution is -0.137. The second-order valence-electron chi connectivity index (χ2n) is 5.24. The van der Waals surface area contributed by atoms with Gasteiger partial charge < -0.3 is 4.74 Å². The van der Waals surface area contributed by atoms with Crippen molar-refractivity contribution in [2.75, 3.05) is 6.61 Å². The lowest BCUT2D eigenvalue weighted by Crippen LogP contribution is -1.98. The molecule has 0 fully saturated rings.